The van der Waals surface area contributed by atoms with E-state index in [0.29, 0.717) is 71.0 Å². The third-order valence-corrected chi connectivity index (χ3v) is 10.4. The molecule has 0 aliphatic rings. The van der Waals surface area contributed by atoms with E-state index in [1.54, 1.807) is 0 Å². The third-order valence-electron chi connectivity index (χ3n) is 10.4. The first-order valence-corrected chi connectivity index (χ1v) is 22.4. The molecule has 5 unspecified atom stereocenters. The van der Waals surface area contributed by atoms with Crippen molar-refractivity contribution in [2.45, 2.75) is 217 Å². The van der Waals surface area contributed by atoms with E-state index in [1.165, 1.54) is 51.4 Å². The Morgan fingerprint density at radius 2 is 0.750 bits per heavy atom. The lowest BCUT2D eigenvalue weighted by Gasteiger charge is -2.26. The predicted molar refractivity (Wildman–Crippen MR) is 228 cm³/mol. The van der Waals surface area contributed by atoms with Crippen LogP contribution in [0.4, 0.5) is 0 Å². The summed E-state index contributed by atoms with van der Waals surface area (Å²) < 4.78 is 0. The summed E-state index contributed by atoms with van der Waals surface area (Å²) >= 11 is 0. The number of hydrogen-bond acceptors (Lipinski definition) is 9. The number of nitrogens with one attached hydrogen (secondary N) is 4. The Balaban J connectivity index is 5.68. The highest BCUT2D eigenvalue weighted by molar-refractivity contribution is 5.94. The van der Waals surface area contributed by atoms with Crippen LogP contribution in [0.25, 0.3) is 0 Å². The molecule has 0 aliphatic carbocycles. The van der Waals surface area contributed by atoms with E-state index in [0.717, 1.165) is 64.2 Å². The van der Waals surface area contributed by atoms with E-state index in [-0.39, 0.29) is 12.3 Å². The topological polar surface area (TPSA) is 264 Å². The molecular weight excluding hydrogens is 711 g/mol. The number of nitrogens with two attached hydrogens (primary N) is 5. The van der Waals surface area contributed by atoms with Crippen molar-refractivity contribution in [2.75, 3.05) is 19.6 Å². The van der Waals surface area contributed by atoms with Crippen LogP contribution in [-0.2, 0) is 24.0 Å². The summed E-state index contributed by atoms with van der Waals surface area (Å²) in [6.07, 6.45) is 23.5. The summed E-state index contributed by atoms with van der Waals surface area (Å²) in [5.74, 6) is -2.26. The first kappa shape index (κ1) is 53.2. The van der Waals surface area contributed by atoms with Gasteiger partial charge in [-0.1, -0.05) is 129 Å². The Hall–Kier alpha value is -2.81. The van der Waals surface area contributed by atoms with Gasteiger partial charge in [-0.25, -0.2) is 0 Å². The molecular formula is C42H85N9O5. The fourth-order valence-electron chi connectivity index (χ4n) is 6.71. The number of primary amides is 1. The molecule has 14 heteroatoms. The van der Waals surface area contributed by atoms with Crippen LogP contribution in [0, 0.1) is 0 Å². The van der Waals surface area contributed by atoms with Crippen molar-refractivity contribution in [3.63, 3.8) is 0 Å². The molecule has 0 aromatic rings. The van der Waals surface area contributed by atoms with Crippen molar-refractivity contribution in [2.24, 2.45) is 28.7 Å². The Bertz CT molecular complexity index is 1030. The van der Waals surface area contributed by atoms with Crippen LogP contribution in [0.2, 0.25) is 0 Å². The monoisotopic (exact) mass is 796 g/mol. The zero-order valence-electron chi connectivity index (χ0n) is 35.5. The highest BCUT2D eigenvalue weighted by Crippen LogP contribution is 2.14. The Kier molecular flexibility index (Phi) is 34.7. The highest BCUT2D eigenvalue weighted by atomic mass is 16.2. The van der Waals surface area contributed by atoms with Crippen LogP contribution >= 0.6 is 0 Å². The standard InChI is InChI=1S/C42H85N9O5/c1-3-5-7-9-11-13-15-17-27-35(38(47)52)49-41(55)37(28-18-16-14-12-10-8-6-4-2)51-42(56)36(50-40(54)34(46)26-20-23-31-44)29-21-24-32-48-39(53)33(45)25-19-22-30-43/h33-37H,3-32,43-46H2,1-2H3,(H2,47,52)(H,48,53)(H,49,55)(H,50,54)(H,51,56). The van der Waals surface area contributed by atoms with Crippen molar-refractivity contribution in [1.82, 2.24) is 21.3 Å². The molecule has 0 bridgehead atoms. The molecule has 0 aromatic heterocycles. The molecule has 328 valence electrons. The van der Waals surface area contributed by atoms with Gasteiger partial charge in [0.15, 0.2) is 0 Å². The van der Waals surface area contributed by atoms with Crippen LogP contribution in [0.5, 0.6) is 0 Å². The van der Waals surface area contributed by atoms with E-state index >= 15 is 0 Å². The molecule has 0 radical (unpaired) electrons. The van der Waals surface area contributed by atoms with E-state index in [9.17, 15) is 24.0 Å². The molecule has 0 aliphatic heterocycles. The van der Waals surface area contributed by atoms with Gasteiger partial charge >= 0.3 is 0 Å². The quantitative estimate of drug-likeness (QED) is 0.0404. The molecule has 14 nitrogen and oxygen atoms in total. The molecule has 0 heterocycles. The Morgan fingerprint density at radius 1 is 0.411 bits per heavy atom. The number of carbonyl (C=O) groups is 5. The molecule has 0 spiro atoms. The minimum absolute atomic E-state index is 0.237. The number of rotatable bonds is 39. The maximum Gasteiger partial charge on any atom is 0.243 e. The molecule has 0 saturated heterocycles. The second-order valence-corrected chi connectivity index (χ2v) is 15.7. The smallest absolute Gasteiger partial charge is 0.243 e. The van der Waals surface area contributed by atoms with Gasteiger partial charge in [0.25, 0.3) is 0 Å². The van der Waals surface area contributed by atoms with Gasteiger partial charge in [-0.2, -0.15) is 0 Å². The van der Waals surface area contributed by atoms with E-state index in [2.05, 4.69) is 35.1 Å². The molecule has 0 rings (SSSR count). The maximum atomic E-state index is 13.9. The first-order valence-electron chi connectivity index (χ1n) is 22.4. The van der Waals surface area contributed by atoms with E-state index in [4.69, 9.17) is 28.7 Å². The largest absolute Gasteiger partial charge is 0.368 e. The van der Waals surface area contributed by atoms with E-state index < -0.39 is 53.8 Å². The van der Waals surface area contributed by atoms with Gasteiger partial charge in [0, 0.05) is 6.54 Å². The number of unbranched alkanes of at least 4 members (excludes halogenated alkanes) is 17. The van der Waals surface area contributed by atoms with Gasteiger partial charge in [0.1, 0.15) is 18.1 Å². The number of amides is 5. The fourth-order valence-corrected chi connectivity index (χ4v) is 6.71. The second kappa shape index (κ2) is 36.5. The predicted octanol–water partition coefficient (Wildman–Crippen LogP) is 4.19. The van der Waals surface area contributed by atoms with Crippen LogP contribution in [0.15, 0.2) is 0 Å². The van der Waals surface area contributed by atoms with Crippen LogP contribution in [0.3, 0.4) is 0 Å². The first-order chi connectivity index (χ1) is 27.0. The second-order valence-electron chi connectivity index (χ2n) is 15.7. The van der Waals surface area contributed by atoms with Crippen molar-refractivity contribution < 1.29 is 24.0 Å². The van der Waals surface area contributed by atoms with Crippen molar-refractivity contribution in [3.8, 4) is 0 Å². The summed E-state index contributed by atoms with van der Waals surface area (Å²) in [7, 11) is 0. The summed E-state index contributed by atoms with van der Waals surface area (Å²) in [6, 6.07) is -4.15. The van der Waals surface area contributed by atoms with Gasteiger partial charge in [-0.05, 0) is 70.9 Å². The van der Waals surface area contributed by atoms with Gasteiger partial charge in [0.05, 0.1) is 12.1 Å². The average molecular weight is 796 g/mol. The fraction of sp³-hybridized carbons (Fsp3) is 0.881. The summed E-state index contributed by atoms with van der Waals surface area (Å²) in [6.45, 7) is 5.79. The van der Waals surface area contributed by atoms with Gasteiger partial charge in [-0.3, -0.25) is 24.0 Å². The lowest BCUT2D eigenvalue weighted by atomic mass is 10.0. The normalized spacial score (nSPS) is 14.0. The zero-order chi connectivity index (χ0) is 41.8. The molecule has 0 aromatic carbocycles. The number of hydrogen-bond donors (Lipinski definition) is 9. The Morgan fingerprint density at radius 3 is 1.18 bits per heavy atom. The van der Waals surface area contributed by atoms with Crippen molar-refractivity contribution >= 4 is 29.5 Å². The molecule has 0 saturated carbocycles. The molecule has 0 fully saturated rings. The van der Waals surface area contributed by atoms with Crippen LogP contribution < -0.4 is 49.9 Å². The summed E-state index contributed by atoms with van der Waals surface area (Å²) in [5.41, 5.74) is 29.1. The minimum atomic E-state index is -0.963. The van der Waals surface area contributed by atoms with Crippen molar-refractivity contribution in [1.29, 1.82) is 0 Å². The summed E-state index contributed by atoms with van der Waals surface area (Å²) in [5, 5.41) is 11.4. The maximum absolute atomic E-state index is 13.9. The lowest BCUT2D eigenvalue weighted by molar-refractivity contribution is -0.133. The van der Waals surface area contributed by atoms with E-state index in [1.807, 2.05) is 0 Å². The summed E-state index contributed by atoms with van der Waals surface area (Å²) in [4.78, 5) is 65.7. The van der Waals surface area contributed by atoms with Crippen molar-refractivity contribution in [3.05, 3.63) is 0 Å². The minimum Gasteiger partial charge on any atom is -0.368 e. The SMILES string of the molecule is CCCCCCCCCCC(NC(=O)C(CCCCCCCCCC)NC(=O)C(CCCCNC(=O)C(N)CCCCN)NC(=O)C(N)CCCCN)C(N)=O. The molecule has 5 amide bonds. The molecule has 14 N–H and O–H groups in total. The number of carbonyl (C=O) groups excluding carboxylic acids is 5. The third kappa shape index (κ3) is 28.6. The lowest BCUT2D eigenvalue weighted by Crippen LogP contribution is -2.57. The van der Waals surface area contributed by atoms with Crippen LogP contribution in [-0.4, -0.2) is 79.4 Å². The zero-order valence-corrected chi connectivity index (χ0v) is 35.5. The highest BCUT2D eigenvalue weighted by Gasteiger charge is 2.29. The van der Waals surface area contributed by atoms with Gasteiger partial charge in [-0.15, -0.1) is 0 Å². The van der Waals surface area contributed by atoms with Gasteiger partial charge in [0.2, 0.25) is 29.5 Å². The Labute approximate surface area is 339 Å². The average Bonchev–Trinajstić information content (AvgIpc) is 3.17. The van der Waals surface area contributed by atoms with Crippen LogP contribution in [0.1, 0.15) is 187 Å². The van der Waals surface area contributed by atoms with Gasteiger partial charge < -0.3 is 49.9 Å². The molecule has 56 heavy (non-hydrogen) atoms. The molecule has 5 atom stereocenters.